The number of rotatable bonds is 2. The van der Waals surface area contributed by atoms with Gasteiger partial charge in [0.15, 0.2) is 5.82 Å². The summed E-state index contributed by atoms with van der Waals surface area (Å²) in [6, 6.07) is 4.35. The van der Waals surface area contributed by atoms with Crippen molar-refractivity contribution in [2.45, 2.75) is 19.1 Å². The second-order valence-corrected chi connectivity index (χ2v) is 3.91. The van der Waals surface area contributed by atoms with Crippen molar-refractivity contribution < 1.29 is 13.2 Å². The maximum atomic E-state index is 12.4. The van der Waals surface area contributed by atoms with Gasteiger partial charge in [0, 0.05) is 5.56 Å². The molecule has 0 aliphatic rings. The van der Waals surface area contributed by atoms with Crippen molar-refractivity contribution in [1.29, 1.82) is 0 Å². The first-order chi connectivity index (χ1) is 8.38. The molecule has 1 aromatic carbocycles. The van der Waals surface area contributed by atoms with E-state index in [9.17, 15) is 13.2 Å². The molecule has 104 valence electrons. The molecule has 0 saturated carbocycles. The molecule has 0 spiro atoms. The SMILES string of the molecule is C[C@@H](N)c1nc(-c2ccc(C(F)(F)F)cc2)n[nH]1.Cl. The highest BCUT2D eigenvalue weighted by atomic mass is 35.5. The van der Waals surface area contributed by atoms with E-state index in [2.05, 4.69) is 15.2 Å². The fourth-order valence-electron chi connectivity index (χ4n) is 1.42. The number of nitrogens with two attached hydrogens (primary N) is 1. The predicted octanol–water partition coefficient (Wildman–Crippen LogP) is 2.93. The minimum atomic E-state index is -4.34. The molecule has 3 N–H and O–H groups in total. The number of benzene rings is 1. The first-order valence-electron chi connectivity index (χ1n) is 5.23. The third kappa shape index (κ3) is 3.45. The lowest BCUT2D eigenvalue weighted by atomic mass is 10.1. The molecular weight excluding hydrogens is 281 g/mol. The van der Waals surface area contributed by atoms with Crippen molar-refractivity contribution in [2.24, 2.45) is 5.73 Å². The van der Waals surface area contributed by atoms with Crippen molar-refractivity contribution in [3.05, 3.63) is 35.7 Å². The van der Waals surface area contributed by atoms with E-state index in [0.717, 1.165) is 12.1 Å². The van der Waals surface area contributed by atoms with Crippen LogP contribution in [0.5, 0.6) is 0 Å². The monoisotopic (exact) mass is 292 g/mol. The minimum absolute atomic E-state index is 0. The average molecular weight is 293 g/mol. The lowest BCUT2D eigenvalue weighted by Crippen LogP contribution is -2.06. The van der Waals surface area contributed by atoms with E-state index >= 15 is 0 Å². The Morgan fingerprint density at radius 2 is 1.79 bits per heavy atom. The van der Waals surface area contributed by atoms with Crippen LogP contribution in [0.1, 0.15) is 24.4 Å². The number of hydrogen-bond donors (Lipinski definition) is 2. The maximum absolute atomic E-state index is 12.4. The number of alkyl halides is 3. The number of aromatic amines is 1. The smallest absolute Gasteiger partial charge is 0.322 e. The standard InChI is InChI=1S/C11H11F3N4.ClH/c1-6(15)9-16-10(18-17-9)7-2-4-8(5-3-7)11(12,13)14;/h2-6H,15H2,1H3,(H,16,17,18);1H/t6-;/m1./s1. The molecule has 4 nitrogen and oxygen atoms in total. The molecule has 0 fully saturated rings. The topological polar surface area (TPSA) is 67.6 Å². The highest BCUT2D eigenvalue weighted by Gasteiger charge is 2.30. The van der Waals surface area contributed by atoms with Gasteiger partial charge in [-0.3, -0.25) is 5.10 Å². The Labute approximate surface area is 113 Å². The van der Waals surface area contributed by atoms with E-state index in [4.69, 9.17) is 5.73 Å². The lowest BCUT2D eigenvalue weighted by Gasteiger charge is -2.06. The lowest BCUT2D eigenvalue weighted by molar-refractivity contribution is -0.137. The molecule has 19 heavy (non-hydrogen) atoms. The highest BCUT2D eigenvalue weighted by molar-refractivity contribution is 5.85. The zero-order valence-electron chi connectivity index (χ0n) is 9.90. The first-order valence-corrected chi connectivity index (χ1v) is 5.23. The van der Waals surface area contributed by atoms with Gasteiger partial charge in [0.25, 0.3) is 0 Å². The summed E-state index contributed by atoms with van der Waals surface area (Å²) >= 11 is 0. The Kier molecular flexibility index (Phi) is 4.54. The van der Waals surface area contributed by atoms with Crippen LogP contribution in [0.3, 0.4) is 0 Å². The summed E-state index contributed by atoms with van der Waals surface area (Å²) in [6.45, 7) is 1.73. The van der Waals surface area contributed by atoms with Crippen LogP contribution in [-0.2, 0) is 6.18 Å². The van der Waals surface area contributed by atoms with Crippen molar-refractivity contribution in [2.75, 3.05) is 0 Å². The molecule has 0 amide bonds. The van der Waals surface area contributed by atoms with Crippen LogP contribution in [0, 0.1) is 0 Å². The number of halogens is 4. The van der Waals surface area contributed by atoms with Gasteiger partial charge in [0.05, 0.1) is 11.6 Å². The summed E-state index contributed by atoms with van der Waals surface area (Å²) in [7, 11) is 0. The van der Waals surface area contributed by atoms with Crippen LogP contribution in [0.25, 0.3) is 11.4 Å². The summed E-state index contributed by atoms with van der Waals surface area (Å²) in [4.78, 5) is 4.10. The Morgan fingerprint density at radius 3 is 2.21 bits per heavy atom. The number of H-pyrrole nitrogens is 1. The molecule has 1 aromatic heterocycles. The second-order valence-electron chi connectivity index (χ2n) is 3.91. The van der Waals surface area contributed by atoms with Crippen LogP contribution in [-0.4, -0.2) is 15.2 Å². The van der Waals surface area contributed by atoms with Gasteiger partial charge in [0.1, 0.15) is 5.82 Å². The van der Waals surface area contributed by atoms with E-state index in [0.29, 0.717) is 17.2 Å². The normalized spacial score (nSPS) is 12.9. The van der Waals surface area contributed by atoms with Crippen molar-refractivity contribution in [1.82, 2.24) is 15.2 Å². The van der Waals surface area contributed by atoms with Crippen LogP contribution in [0.15, 0.2) is 24.3 Å². The number of aromatic nitrogens is 3. The van der Waals surface area contributed by atoms with E-state index in [1.165, 1.54) is 12.1 Å². The Bertz CT molecular complexity index is 534. The molecule has 1 heterocycles. The van der Waals surface area contributed by atoms with Crippen molar-refractivity contribution in [3.63, 3.8) is 0 Å². The van der Waals surface area contributed by atoms with Gasteiger partial charge >= 0.3 is 6.18 Å². The second kappa shape index (κ2) is 5.58. The molecule has 0 saturated heterocycles. The van der Waals surface area contributed by atoms with Crippen LogP contribution in [0.4, 0.5) is 13.2 Å². The predicted molar refractivity (Wildman–Crippen MR) is 66.7 cm³/mol. The number of nitrogens with zero attached hydrogens (tertiary/aromatic N) is 2. The Balaban J connectivity index is 0.00000180. The van der Waals surface area contributed by atoms with Gasteiger partial charge in [-0.05, 0) is 19.1 Å². The van der Waals surface area contributed by atoms with Crippen molar-refractivity contribution >= 4 is 12.4 Å². The molecule has 0 bridgehead atoms. The molecule has 2 rings (SSSR count). The van der Waals surface area contributed by atoms with Gasteiger partial charge < -0.3 is 5.73 Å². The van der Waals surface area contributed by atoms with Gasteiger partial charge in [-0.1, -0.05) is 12.1 Å². The van der Waals surface area contributed by atoms with Crippen LogP contribution >= 0.6 is 12.4 Å². The molecule has 2 aromatic rings. The fraction of sp³-hybridized carbons (Fsp3) is 0.273. The quantitative estimate of drug-likeness (QED) is 0.894. The Hall–Kier alpha value is -1.60. The fourth-order valence-corrected chi connectivity index (χ4v) is 1.42. The minimum Gasteiger partial charge on any atom is -0.322 e. The molecule has 0 aliphatic carbocycles. The van der Waals surface area contributed by atoms with E-state index in [1.807, 2.05) is 0 Å². The molecule has 0 aliphatic heterocycles. The van der Waals surface area contributed by atoms with E-state index in [1.54, 1.807) is 6.92 Å². The van der Waals surface area contributed by atoms with Crippen LogP contribution in [0.2, 0.25) is 0 Å². The highest BCUT2D eigenvalue weighted by Crippen LogP contribution is 2.30. The largest absolute Gasteiger partial charge is 0.416 e. The van der Waals surface area contributed by atoms with Gasteiger partial charge in [-0.25, -0.2) is 4.98 Å². The summed E-state index contributed by atoms with van der Waals surface area (Å²) in [5.41, 5.74) is 5.41. The van der Waals surface area contributed by atoms with Gasteiger partial charge in [-0.15, -0.1) is 12.4 Å². The van der Waals surface area contributed by atoms with Gasteiger partial charge in [-0.2, -0.15) is 18.3 Å². The summed E-state index contributed by atoms with van der Waals surface area (Å²) in [5, 5.41) is 6.54. The third-order valence-electron chi connectivity index (χ3n) is 2.40. The summed E-state index contributed by atoms with van der Waals surface area (Å²) in [6.07, 6.45) is -4.34. The van der Waals surface area contributed by atoms with Crippen molar-refractivity contribution in [3.8, 4) is 11.4 Å². The molecule has 1 atom stereocenters. The van der Waals surface area contributed by atoms with E-state index < -0.39 is 11.7 Å². The molecule has 8 heteroatoms. The zero-order chi connectivity index (χ0) is 13.3. The first kappa shape index (κ1) is 15.5. The third-order valence-corrected chi connectivity index (χ3v) is 2.40. The number of nitrogens with one attached hydrogen (secondary N) is 1. The molecular formula is C11H12ClF3N4. The molecule has 0 radical (unpaired) electrons. The Morgan fingerprint density at radius 1 is 1.21 bits per heavy atom. The average Bonchev–Trinajstić information content (AvgIpc) is 2.77. The number of hydrogen-bond acceptors (Lipinski definition) is 3. The molecule has 0 unspecified atom stereocenters. The van der Waals surface area contributed by atoms with E-state index in [-0.39, 0.29) is 18.4 Å². The maximum Gasteiger partial charge on any atom is 0.416 e. The van der Waals surface area contributed by atoms with Crippen LogP contribution < -0.4 is 5.73 Å². The van der Waals surface area contributed by atoms with Gasteiger partial charge in [0.2, 0.25) is 0 Å². The zero-order valence-corrected chi connectivity index (χ0v) is 10.7. The summed E-state index contributed by atoms with van der Waals surface area (Å²) < 4.78 is 37.1. The summed E-state index contributed by atoms with van der Waals surface area (Å²) in [5.74, 6) is 0.820.